The summed E-state index contributed by atoms with van der Waals surface area (Å²) >= 11 is 12.1. The molecule has 1 saturated heterocycles. The van der Waals surface area contributed by atoms with Gasteiger partial charge in [0, 0.05) is 12.1 Å². The van der Waals surface area contributed by atoms with Crippen molar-refractivity contribution in [2.75, 3.05) is 19.8 Å². The lowest BCUT2D eigenvalue weighted by atomic mass is 9.95. The molecule has 1 aliphatic rings. The minimum atomic E-state index is -0.779. The summed E-state index contributed by atoms with van der Waals surface area (Å²) in [7, 11) is 0. The number of aliphatic hydroxyl groups is 2. The van der Waals surface area contributed by atoms with Gasteiger partial charge in [-0.3, -0.25) is 9.59 Å². The van der Waals surface area contributed by atoms with Crippen LogP contribution in [0.4, 0.5) is 0 Å². The minimum absolute atomic E-state index is 0.0150. The van der Waals surface area contributed by atoms with Crippen molar-refractivity contribution in [2.45, 2.75) is 25.8 Å². The third kappa shape index (κ3) is 4.87. The Labute approximate surface area is 190 Å². The van der Waals surface area contributed by atoms with Crippen molar-refractivity contribution >= 4 is 40.7 Å². The van der Waals surface area contributed by atoms with Gasteiger partial charge in [-0.15, -0.1) is 0 Å². The monoisotopic (exact) mass is 463 g/mol. The van der Waals surface area contributed by atoms with Gasteiger partial charge in [-0.25, -0.2) is 0 Å². The van der Waals surface area contributed by atoms with E-state index in [2.05, 4.69) is 0 Å². The molecule has 2 N–H and O–H groups in total. The van der Waals surface area contributed by atoms with Gasteiger partial charge >= 0.3 is 0 Å². The Morgan fingerprint density at radius 1 is 1.13 bits per heavy atom. The highest BCUT2D eigenvalue weighted by atomic mass is 35.5. The number of ether oxygens (including phenoxy) is 1. The van der Waals surface area contributed by atoms with E-state index >= 15 is 0 Å². The maximum Gasteiger partial charge on any atom is 0.295 e. The molecule has 1 atom stereocenters. The lowest BCUT2D eigenvalue weighted by Gasteiger charge is -2.25. The van der Waals surface area contributed by atoms with Gasteiger partial charge in [0.05, 0.1) is 28.3 Å². The molecule has 1 amide bonds. The first-order chi connectivity index (χ1) is 14.9. The highest BCUT2D eigenvalue weighted by molar-refractivity contribution is 6.46. The highest BCUT2D eigenvalue weighted by Gasteiger charge is 2.45. The van der Waals surface area contributed by atoms with Gasteiger partial charge in [-0.1, -0.05) is 48.7 Å². The maximum absolute atomic E-state index is 13.0. The van der Waals surface area contributed by atoms with Crippen molar-refractivity contribution in [3.05, 3.63) is 69.2 Å². The van der Waals surface area contributed by atoms with Crippen molar-refractivity contribution in [3.63, 3.8) is 0 Å². The Hall–Kier alpha value is -2.54. The van der Waals surface area contributed by atoms with E-state index in [9.17, 15) is 14.7 Å². The number of carbonyl (C=O) groups excluding carboxylic acids is 2. The molecule has 0 spiro atoms. The summed E-state index contributed by atoms with van der Waals surface area (Å²) in [6.45, 7) is 2.33. The van der Waals surface area contributed by atoms with Gasteiger partial charge in [0.15, 0.2) is 0 Å². The number of unbranched alkanes of at least 4 members (excludes halogenated alkanes) is 1. The van der Waals surface area contributed by atoms with E-state index in [1.165, 1.54) is 17.0 Å². The molecule has 31 heavy (non-hydrogen) atoms. The molecule has 2 aromatic carbocycles. The number of Topliss-reactive ketones (excluding diaryl/α,β-unsaturated/α-hetero) is 1. The van der Waals surface area contributed by atoms with Crippen LogP contribution in [-0.2, 0) is 9.59 Å². The van der Waals surface area contributed by atoms with Crippen LogP contribution in [0.15, 0.2) is 48.0 Å². The smallest absolute Gasteiger partial charge is 0.295 e. The number of halogens is 2. The molecule has 1 heterocycles. The fraction of sp³-hybridized carbons (Fsp3) is 0.304. The number of benzene rings is 2. The maximum atomic E-state index is 13.0. The molecular formula is C23H23Cl2NO5. The Kier molecular flexibility index (Phi) is 7.59. The van der Waals surface area contributed by atoms with Crippen LogP contribution in [0, 0.1) is 0 Å². The highest BCUT2D eigenvalue weighted by Crippen LogP contribution is 2.41. The lowest BCUT2D eigenvalue weighted by Crippen LogP contribution is -2.30. The number of rotatable bonds is 8. The van der Waals surface area contributed by atoms with Crippen molar-refractivity contribution in [2.24, 2.45) is 0 Å². The van der Waals surface area contributed by atoms with E-state index in [-0.39, 0.29) is 29.6 Å². The molecule has 0 radical (unpaired) electrons. The molecule has 8 heteroatoms. The predicted molar refractivity (Wildman–Crippen MR) is 119 cm³/mol. The van der Waals surface area contributed by atoms with Gasteiger partial charge in [0.1, 0.15) is 18.1 Å². The van der Waals surface area contributed by atoms with Crippen LogP contribution in [0.2, 0.25) is 10.0 Å². The first-order valence-electron chi connectivity index (χ1n) is 9.96. The van der Waals surface area contributed by atoms with Crippen LogP contribution in [0.3, 0.4) is 0 Å². The van der Waals surface area contributed by atoms with E-state index in [0.717, 1.165) is 6.42 Å². The molecule has 3 rings (SSSR count). The molecule has 1 fully saturated rings. The van der Waals surface area contributed by atoms with Crippen molar-refractivity contribution in [1.29, 1.82) is 0 Å². The second kappa shape index (κ2) is 10.2. The normalized spacial score (nSPS) is 17.9. The van der Waals surface area contributed by atoms with Gasteiger partial charge in [0.25, 0.3) is 11.7 Å². The zero-order valence-electron chi connectivity index (χ0n) is 17.0. The average Bonchev–Trinajstić information content (AvgIpc) is 3.02. The number of likely N-dealkylation sites (tertiary alicyclic amines) is 1. The second-order valence-corrected chi connectivity index (χ2v) is 7.93. The number of amides is 1. The molecule has 1 unspecified atom stereocenters. The van der Waals surface area contributed by atoms with Gasteiger partial charge in [0.2, 0.25) is 0 Å². The Morgan fingerprint density at radius 2 is 1.90 bits per heavy atom. The molecule has 6 nitrogen and oxygen atoms in total. The topological polar surface area (TPSA) is 87.1 Å². The fourth-order valence-corrected chi connectivity index (χ4v) is 3.82. The summed E-state index contributed by atoms with van der Waals surface area (Å²) in [5, 5.41) is 20.6. The van der Waals surface area contributed by atoms with Gasteiger partial charge < -0.3 is 19.8 Å². The summed E-state index contributed by atoms with van der Waals surface area (Å²) in [4.78, 5) is 27.3. The summed E-state index contributed by atoms with van der Waals surface area (Å²) in [5.41, 5.74) is 0.895. The van der Waals surface area contributed by atoms with Crippen LogP contribution < -0.4 is 4.74 Å². The number of nitrogens with zero attached hydrogens (tertiary/aromatic N) is 1. The van der Waals surface area contributed by atoms with E-state index in [1.807, 2.05) is 6.92 Å². The molecule has 0 saturated carbocycles. The van der Waals surface area contributed by atoms with Crippen molar-refractivity contribution in [1.82, 2.24) is 4.90 Å². The van der Waals surface area contributed by atoms with Crippen LogP contribution >= 0.6 is 23.2 Å². The molecule has 0 bridgehead atoms. The molecule has 0 aliphatic carbocycles. The number of carbonyl (C=O) groups is 2. The van der Waals surface area contributed by atoms with Crippen molar-refractivity contribution in [3.8, 4) is 5.75 Å². The lowest BCUT2D eigenvalue weighted by molar-refractivity contribution is -0.139. The Morgan fingerprint density at radius 3 is 2.58 bits per heavy atom. The van der Waals surface area contributed by atoms with E-state index in [4.69, 9.17) is 33.0 Å². The molecule has 2 aromatic rings. The number of hydrogen-bond donors (Lipinski definition) is 2. The quantitative estimate of drug-likeness (QED) is 0.339. The Bertz CT molecular complexity index is 1020. The SMILES string of the molecule is CCCCN1C(=O)C(=O)/C(=C(\O)c2ccc(Cl)c(Cl)c2)C1c1cccc(OCCO)c1. The van der Waals surface area contributed by atoms with Gasteiger partial charge in [-0.05, 0) is 42.3 Å². The fourth-order valence-electron chi connectivity index (χ4n) is 3.52. The largest absolute Gasteiger partial charge is 0.507 e. The number of ketones is 1. The van der Waals surface area contributed by atoms with Crippen LogP contribution in [-0.4, -0.2) is 46.6 Å². The van der Waals surface area contributed by atoms with E-state index in [1.54, 1.807) is 30.3 Å². The second-order valence-electron chi connectivity index (χ2n) is 7.12. The third-order valence-electron chi connectivity index (χ3n) is 5.02. The summed E-state index contributed by atoms with van der Waals surface area (Å²) in [6, 6.07) is 10.7. The molecular weight excluding hydrogens is 441 g/mol. The number of hydrogen-bond acceptors (Lipinski definition) is 5. The van der Waals surface area contributed by atoms with E-state index in [0.29, 0.717) is 34.9 Å². The van der Waals surface area contributed by atoms with Crippen LogP contribution in [0.25, 0.3) is 5.76 Å². The summed E-state index contributed by atoms with van der Waals surface area (Å²) < 4.78 is 5.49. The average molecular weight is 464 g/mol. The predicted octanol–water partition coefficient (Wildman–Crippen LogP) is 4.59. The van der Waals surface area contributed by atoms with Crippen LogP contribution in [0.5, 0.6) is 5.75 Å². The molecule has 164 valence electrons. The van der Waals surface area contributed by atoms with Crippen molar-refractivity contribution < 1.29 is 24.5 Å². The zero-order valence-corrected chi connectivity index (χ0v) is 18.5. The Balaban J connectivity index is 2.14. The van der Waals surface area contributed by atoms with E-state index < -0.39 is 17.7 Å². The first-order valence-corrected chi connectivity index (χ1v) is 10.7. The van der Waals surface area contributed by atoms with Gasteiger partial charge in [-0.2, -0.15) is 0 Å². The standard InChI is InChI=1S/C23H23Cl2NO5/c1-2-3-9-26-20(14-5-4-6-16(12-14)31-11-10-27)19(22(29)23(26)30)21(28)15-7-8-17(24)18(25)13-15/h4-8,12-13,20,27-28H,2-3,9-11H2,1H3/b21-19-. The number of aliphatic hydroxyl groups excluding tert-OH is 2. The zero-order chi connectivity index (χ0) is 22.5. The first kappa shape index (κ1) is 23.1. The van der Waals surface area contributed by atoms with Crippen LogP contribution in [0.1, 0.15) is 36.9 Å². The minimum Gasteiger partial charge on any atom is -0.507 e. The molecule has 1 aliphatic heterocycles. The third-order valence-corrected chi connectivity index (χ3v) is 5.76. The summed E-state index contributed by atoms with van der Waals surface area (Å²) in [5.74, 6) is -1.25. The summed E-state index contributed by atoms with van der Waals surface area (Å²) in [6.07, 6.45) is 1.54. The molecule has 0 aromatic heterocycles.